The van der Waals surface area contributed by atoms with E-state index in [1.54, 1.807) is 12.4 Å². The average Bonchev–Trinajstić information content (AvgIpc) is 2.68. The van der Waals surface area contributed by atoms with E-state index >= 15 is 0 Å². The van der Waals surface area contributed by atoms with Crippen molar-refractivity contribution in [2.24, 2.45) is 5.16 Å². The van der Waals surface area contributed by atoms with E-state index in [4.69, 9.17) is 9.47 Å². The van der Waals surface area contributed by atoms with Gasteiger partial charge in [0.15, 0.2) is 0 Å². The summed E-state index contributed by atoms with van der Waals surface area (Å²) in [6.07, 6.45) is 7.28. The van der Waals surface area contributed by atoms with Crippen molar-refractivity contribution in [1.29, 1.82) is 0 Å². The van der Waals surface area contributed by atoms with Crippen LogP contribution in [-0.2, 0) is 11.4 Å². The van der Waals surface area contributed by atoms with Gasteiger partial charge in [0.1, 0.15) is 31.8 Å². The Morgan fingerprint density at radius 1 is 1.07 bits per heavy atom. The molecular formula is C22H30N2O3. The first kappa shape index (κ1) is 22.2. The molecule has 146 valence electrons. The van der Waals surface area contributed by atoms with E-state index in [2.05, 4.69) is 15.0 Å². The zero-order valence-electron chi connectivity index (χ0n) is 17.2. The van der Waals surface area contributed by atoms with Crippen molar-refractivity contribution >= 4 is 6.21 Å². The molecular weight excluding hydrogens is 340 g/mol. The Bertz CT molecular complexity index is 715. The molecule has 0 spiro atoms. The minimum absolute atomic E-state index is 0.454. The highest BCUT2D eigenvalue weighted by molar-refractivity contribution is 5.76. The molecule has 1 aromatic heterocycles. The number of hydrogen-bond acceptors (Lipinski definition) is 5. The topological polar surface area (TPSA) is 52.9 Å². The van der Waals surface area contributed by atoms with E-state index in [-0.39, 0.29) is 0 Å². The highest BCUT2D eigenvalue weighted by Crippen LogP contribution is 2.29. The van der Waals surface area contributed by atoms with Crippen LogP contribution in [-0.4, -0.2) is 24.9 Å². The van der Waals surface area contributed by atoms with Gasteiger partial charge in [-0.25, -0.2) is 0 Å². The third kappa shape index (κ3) is 7.52. The Balaban J connectivity index is 0.00000176. The average molecular weight is 370 g/mol. The molecule has 0 aliphatic rings. The van der Waals surface area contributed by atoms with Gasteiger partial charge in [0.25, 0.3) is 0 Å². The minimum atomic E-state index is 0.454. The number of rotatable bonds is 8. The third-order valence-electron chi connectivity index (χ3n) is 3.54. The Morgan fingerprint density at radius 3 is 2.33 bits per heavy atom. The lowest BCUT2D eigenvalue weighted by Gasteiger charge is -2.14. The Hall–Kier alpha value is -2.82. The van der Waals surface area contributed by atoms with Crippen molar-refractivity contribution in [3.63, 3.8) is 0 Å². The summed E-state index contributed by atoms with van der Waals surface area (Å²) in [5, 5.41) is 3.69. The number of benzene rings is 1. The van der Waals surface area contributed by atoms with Crippen LogP contribution in [0.5, 0.6) is 11.5 Å². The Kier molecular flexibility index (Phi) is 10.3. The molecule has 0 saturated heterocycles. The molecule has 0 unspecified atom stereocenters. The summed E-state index contributed by atoms with van der Waals surface area (Å²) < 4.78 is 11.7. The molecule has 0 aliphatic heterocycles. The summed E-state index contributed by atoms with van der Waals surface area (Å²) in [5.74, 6) is 1.73. The number of oxime groups is 1. The fraction of sp³-hybridized carbons (Fsp3) is 0.364. The number of aryl methyl sites for hydroxylation is 2. The van der Waals surface area contributed by atoms with Crippen LogP contribution < -0.4 is 9.47 Å². The SMILES string of the molecule is C/C=C/COc1cc(C)c(OCc2ccc(C=NOC)nc2)c(C)c1.CC. The van der Waals surface area contributed by atoms with Crippen LogP contribution in [0.25, 0.3) is 0 Å². The Labute approximate surface area is 162 Å². The van der Waals surface area contributed by atoms with E-state index in [9.17, 15) is 0 Å². The molecule has 27 heavy (non-hydrogen) atoms. The monoisotopic (exact) mass is 370 g/mol. The molecule has 0 atom stereocenters. The fourth-order valence-corrected chi connectivity index (χ4v) is 2.32. The second-order valence-corrected chi connectivity index (χ2v) is 5.56. The van der Waals surface area contributed by atoms with Gasteiger partial charge in [0, 0.05) is 11.8 Å². The highest BCUT2D eigenvalue weighted by atomic mass is 16.6. The summed E-state index contributed by atoms with van der Waals surface area (Å²) in [6.45, 7) is 11.0. The van der Waals surface area contributed by atoms with E-state index < -0.39 is 0 Å². The van der Waals surface area contributed by atoms with Crippen molar-refractivity contribution in [2.75, 3.05) is 13.7 Å². The molecule has 0 amide bonds. The lowest BCUT2D eigenvalue weighted by Crippen LogP contribution is -2.01. The van der Waals surface area contributed by atoms with Gasteiger partial charge in [-0.15, -0.1) is 0 Å². The van der Waals surface area contributed by atoms with E-state index in [1.807, 2.05) is 71.0 Å². The van der Waals surface area contributed by atoms with Crippen LogP contribution in [0.3, 0.4) is 0 Å². The van der Waals surface area contributed by atoms with Gasteiger partial charge < -0.3 is 14.3 Å². The summed E-state index contributed by atoms with van der Waals surface area (Å²) >= 11 is 0. The van der Waals surface area contributed by atoms with Crippen LogP contribution in [0.2, 0.25) is 0 Å². The summed E-state index contributed by atoms with van der Waals surface area (Å²) in [4.78, 5) is 8.93. The quantitative estimate of drug-likeness (QED) is 0.362. The molecule has 2 aromatic rings. The second-order valence-electron chi connectivity index (χ2n) is 5.56. The van der Waals surface area contributed by atoms with Crippen LogP contribution in [0.1, 0.15) is 43.2 Å². The standard InChI is InChI=1S/C20H24N2O3.C2H6/c1-5-6-9-24-19-10-15(2)20(16(3)11-19)25-14-17-7-8-18(21-12-17)13-22-23-4;1-2/h5-8,10-13H,9,14H2,1-4H3;1-2H3/b6-5+,22-13?;. The van der Waals surface area contributed by atoms with Crippen LogP contribution >= 0.6 is 0 Å². The molecule has 0 aliphatic carbocycles. The molecule has 0 N–H and O–H groups in total. The first-order valence-electron chi connectivity index (χ1n) is 9.13. The molecule has 0 bridgehead atoms. The lowest BCUT2D eigenvalue weighted by molar-refractivity contribution is 0.215. The molecule has 5 nitrogen and oxygen atoms in total. The molecule has 5 heteroatoms. The van der Waals surface area contributed by atoms with E-state index in [0.29, 0.717) is 13.2 Å². The van der Waals surface area contributed by atoms with Gasteiger partial charge in [-0.3, -0.25) is 4.98 Å². The number of ether oxygens (including phenoxy) is 2. The molecule has 2 rings (SSSR count). The normalized spacial score (nSPS) is 10.6. The van der Waals surface area contributed by atoms with E-state index in [1.165, 1.54) is 7.11 Å². The van der Waals surface area contributed by atoms with Gasteiger partial charge in [-0.05, 0) is 50.1 Å². The first-order valence-corrected chi connectivity index (χ1v) is 9.13. The molecule has 0 saturated carbocycles. The number of aromatic nitrogens is 1. The van der Waals surface area contributed by atoms with Crippen LogP contribution in [0.15, 0.2) is 47.8 Å². The smallest absolute Gasteiger partial charge is 0.125 e. The van der Waals surface area contributed by atoms with Crippen molar-refractivity contribution in [1.82, 2.24) is 4.98 Å². The number of pyridine rings is 1. The molecule has 0 radical (unpaired) electrons. The van der Waals surface area contributed by atoms with Gasteiger partial charge >= 0.3 is 0 Å². The fourth-order valence-electron chi connectivity index (χ4n) is 2.32. The summed E-state index contributed by atoms with van der Waals surface area (Å²) in [5.41, 5.74) is 3.82. The summed E-state index contributed by atoms with van der Waals surface area (Å²) in [7, 11) is 1.50. The second kappa shape index (κ2) is 12.5. The van der Waals surface area contributed by atoms with Crippen LogP contribution in [0, 0.1) is 13.8 Å². The maximum Gasteiger partial charge on any atom is 0.125 e. The van der Waals surface area contributed by atoms with E-state index in [0.717, 1.165) is 33.9 Å². The van der Waals surface area contributed by atoms with Crippen molar-refractivity contribution in [3.8, 4) is 11.5 Å². The zero-order chi connectivity index (χ0) is 20.1. The van der Waals surface area contributed by atoms with Gasteiger partial charge in [-0.2, -0.15) is 0 Å². The maximum atomic E-state index is 5.99. The first-order chi connectivity index (χ1) is 13.1. The maximum absolute atomic E-state index is 5.99. The summed E-state index contributed by atoms with van der Waals surface area (Å²) in [6, 6.07) is 7.82. The zero-order valence-corrected chi connectivity index (χ0v) is 17.2. The van der Waals surface area contributed by atoms with Gasteiger partial charge in [0.05, 0.1) is 11.9 Å². The minimum Gasteiger partial charge on any atom is -0.490 e. The number of allylic oxidation sites excluding steroid dienone is 1. The number of nitrogens with zero attached hydrogens (tertiary/aromatic N) is 2. The molecule has 1 aromatic carbocycles. The van der Waals surface area contributed by atoms with Crippen molar-refractivity contribution in [3.05, 3.63) is 65.0 Å². The predicted octanol–water partition coefficient (Wildman–Crippen LogP) is 5.24. The van der Waals surface area contributed by atoms with Gasteiger partial charge in [0.2, 0.25) is 0 Å². The van der Waals surface area contributed by atoms with Crippen molar-refractivity contribution in [2.45, 2.75) is 41.2 Å². The number of hydrogen-bond donors (Lipinski definition) is 0. The Morgan fingerprint density at radius 2 is 1.78 bits per heavy atom. The molecule has 1 heterocycles. The predicted molar refractivity (Wildman–Crippen MR) is 111 cm³/mol. The lowest BCUT2D eigenvalue weighted by atomic mass is 10.1. The third-order valence-corrected chi connectivity index (χ3v) is 3.54. The van der Waals surface area contributed by atoms with Crippen molar-refractivity contribution < 1.29 is 14.3 Å². The van der Waals surface area contributed by atoms with Gasteiger partial charge in [-0.1, -0.05) is 37.2 Å². The largest absolute Gasteiger partial charge is 0.490 e. The highest BCUT2D eigenvalue weighted by Gasteiger charge is 2.08. The van der Waals surface area contributed by atoms with Crippen LogP contribution in [0.4, 0.5) is 0 Å². The molecule has 0 fully saturated rings.